The van der Waals surface area contributed by atoms with Gasteiger partial charge in [-0.05, 0) is 27.6 Å². The third-order valence-corrected chi connectivity index (χ3v) is 3.81. The highest BCUT2D eigenvalue weighted by molar-refractivity contribution is 5.44. The lowest BCUT2D eigenvalue weighted by atomic mass is 10.3. The molecule has 0 atom stereocenters. The van der Waals surface area contributed by atoms with Crippen molar-refractivity contribution in [1.29, 1.82) is 0 Å². The largest absolute Gasteiger partial charge is 0.369 e. The summed E-state index contributed by atoms with van der Waals surface area (Å²) in [6.45, 7) is 11.5. The number of hydrogen-bond donors (Lipinski definition) is 1. The predicted octanol–water partition coefficient (Wildman–Crippen LogP) is 0.900. The monoisotopic (exact) mass is 292 g/mol. The summed E-state index contributed by atoms with van der Waals surface area (Å²) in [7, 11) is 4.15. The SMILES string of the molecule is CCN1CCN(c2nc(C)cc(NCCN(C)C)n2)CC1. The number of nitrogens with zero attached hydrogens (tertiary/aromatic N) is 5. The molecule has 0 unspecified atom stereocenters. The van der Waals surface area contributed by atoms with Crippen molar-refractivity contribution in [2.75, 3.05) is 70.1 Å². The van der Waals surface area contributed by atoms with E-state index in [9.17, 15) is 0 Å². The van der Waals surface area contributed by atoms with Crippen LogP contribution >= 0.6 is 0 Å². The average molecular weight is 292 g/mol. The van der Waals surface area contributed by atoms with Crippen LogP contribution in [0.15, 0.2) is 6.07 Å². The summed E-state index contributed by atoms with van der Waals surface area (Å²) >= 11 is 0. The fourth-order valence-electron chi connectivity index (χ4n) is 2.46. The van der Waals surface area contributed by atoms with Gasteiger partial charge in [-0.15, -0.1) is 0 Å². The molecule has 1 saturated heterocycles. The second-order valence-electron chi connectivity index (χ2n) is 5.85. The minimum atomic E-state index is 0.859. The molecule has 2 rings (SSSR count). The summed E-state index contributed by atoms with van der Waals surface area (Å²) in [5.41, 5.74) is 1.02. The molecule has 1 aliphatic heterocycles. The van der Waals surface area contributed by atoms with Crippen LogP contribution in [0.4, 0.5) is 11.8 Å². The number of nitrogens with one attached hydrogen (secondary N) is 1. The molecule has 6 heteroatoms. The molecule has 0 aliphatic carbocycles. The molecule has 0 radical (unpaired) electrons. The quantitative estimate of drug-likeness (QED) is 0.841. The lowest BCUT2D eigenvalue weighted by Gasteiger charge is -2.34. The van der Waals surface area contributed by atoms with Crippen molar-refractivity contribution in [3.8, 4) is 0 Å². The van der Waals surface area contributed by atoms with Gasteiger partial charge in [-0.3, -0.25) is 0 Å². The minimum absolute atomic E-state index is 0.859. The Balaban J connectivity index is 1.98. The van der Waals surface area contributed by atoms with Gasteiger partial charge in [0.05, 0.1) is 0 Å². The maximum absolute atomic E-state index is 4.67. The first-order valence-corrected chi connectivity index (χ1v) is 7.80. The van der Waals surface area contributed by atoms with E-state index >= 15 is 0 Å². The molecule has 0 bridgehead atoms. The second kappa shape index (κ2) is 7.56. The Hall–Kier alpha value is -1.40. The van der Waals surface area contributed by atoms with Crippen LogP contribution < -0.4 is 10.2 Å². The van der Waals surface area contributed by atoms with Gasteiger partial charge in [0.1, 0.15) is 5.82 Å². The standard InChI is InChI=1S/C15H28N6/c1-5-20-8-10-21(11-9-20)15-17-13(2)12-14(18-15)16-6-7-19(3)4/h12H,5-11H2,1-4H3,(H,16,17,18). The van der Waals surface area contributed by atoms with Crippen molar-refractivity contribution in [2.24, 2.45) is 0 Å². The predicted molar refractivity (Wildman–Crippen MR) is 88.1 cm³/mol. The van der Waals surface area contributed by atoms with Crippen LogP contribution in [-0.2, 0) is 0 Å². The summed E-state index contributed by atoms with van der Waals surface area (Å²) in [6.07, 6.45) is 0. The molecule has 1 aliphatic rings. The number of piperazine rings is 1. The van der Waals surface area contributed by atoms with Gasteiger partial charge in [0.15, 0.2) is 0 Å². The van der Waals surface area contributed by atoms with Gasteiger partial charge >= 0.3 is 0 Å². The van der Waals surface area contributed by atoms with Crippen LogP contribution in [0.3, 0.4) is 0 Å². The summed E-state index contributed by atoms with van der Waals surface area (Å²) < 4.78 is 0. The van der Waals surface area contributed by atoms with E-state index in [1.54, 1.807) is 0 Å². The number of hydrogen-bond acceptors (Lipinski definition) is 6. The van der Waals surface area contributed by atoms with Crippen LogP contribution in [0, 0.1) is 6.92 Å². The molecule has 118 valence electrons. The number of aryl methyl sites for hydroxylation is 1. The second-order valence-corrected chi connectivity index (χ2v) is 5.85. The molecule has 1 fully saturated rings. The first-order valence-electron chi connectivity index (χ1n) is 7.80. The molecule has 2 heterocycles. The van der Waals surface area contributed by atoms with Crippen molar-refractivity contribution in [3.05, 3.63) is 11.8 Å². The van der Waals surface area contributed by atoms with Gasteiger partial charge in [0.2, 0.25) is 5.95 Å². The summed E-state index contributed by atoms with van der Waals surface area (Å²) in [4.78, 5) is 16.2. The van der Waals surface area contributed by atoms with Crippen molar-refractivity contribution in [3.63, 3.8) is 0 Å². The Morgan fingerprint density at radius 1 is 1.19 bits per heavy atom. The van der Waals surface area contributed by atoms with Gasteiger partial charge in [-0.25, -0.2) is 4.98 Å². The van der Waals surface area contributed by atoms with E-state index in [0.717, 1.165) is 63.3 Å². The van der Waals surface area contributed by atoms with Crippen molar-refractivity contribution in [1.82, 2.24) is 19.8 Å². The lowest BCUT2D eigenvalue weighted by Crippen LogP contribution is -2.46. The van der Waals surface area contributed by atoms with Gasteiger partial charge in [-0.2, -0.15) is 4.98 Å². The summed E-state index contributed by atoms with van der Waals surface area (Å²) in [6, 6.07) is 2.02. The molecule has 0 aromatic carbocycles. The maximum Gasteiger partial charge on any atom is 0.227 e. The zero-order chi connectivity index (χ0) is 15.2. The van der Waals surface area contributed by atoms with Gasteiger partial charge < -0.3 is 20.0 Å². The van der Waals surface area contributed by atoms with Crippen molar-refractivity contribution < 1.29 is 0 Å². The topological polar surface area (TPSA) is 47.5 Å². The van der Waals surface area contributed by atoms with E-state index in [4.69, 9.17) is 0 Å². The van der Waals surface area contributed by atoms with Crippen LogP contribution in [-0.4, -0.2) is 79.7 Å². The highest BCUT2D eigenvalue weighted by atomic mass is 15.3. The zero-order valence-corrected chi connectivity index (χ0v) is 13.8. The van der Waals surface area contributed by atoms with Gasteiger partial charge in [-0.1, -0.05) is 6.92 Å². The third-order valence-electron chi connectivity index (χ3n) is 3.81. The fraction of sp³-hybridized carbons (Fsp3) is 0.733. The molecule has 0 amide bonds. The first kappa shape index (κ1) is 16.0. The van der Waals surface area contributed by atoms with Crippen molar-refractivity contribution in [2.45, 2.75) is 13.8 Å². The highest BCUT2D eigenvalue weighted by Gasteiger charge is 2.18. The molecular formula is C15H28N6. The maximum atomic E-state index is 4.67. The van der Waals surface area contributed by atoms with E-state index in [1.807, 2.05) is 13.0 Å². The highest BCUT2D eigenvalue weighted by Crippen LogP contribution is 2.15. The molecule has 21 heavy (non-hydrogen) atoms. The van der Waals surface area contributed by atoms with E-state index in [-0.39, 0.29) is 0 Å². The molecule has 1 aromatic rings. The van der Waals surface area contributed by atoms with E-state index in [1.165, 1.54) is 0 Å². The summed E-state index contributed by atoms with van der Waals surface area (Å²) in [5, 5.41) is 3.39. The average Bonchev–Trinajstić information content (AvgIpc) is 2.46. The fourth-order valence-corrected chi connectivity index (χ4v) is 2.46. The van der Waals surface area contributed by atoms with Gasteiger partial charge in [0.25, 0.3) is 0 Å². The summed E-state index contributed by atoms with van der Waals surface area (Å²) in [5.74, 6) is 1.79. The Kier molecular flexibility index (Phi) is 5.76. The number of likely N-dealkylation sites (N-methyl/N-ethyl adjacent to an activating group) is 2. The normalized spacial score (nSPS) is 16.5. The third kappa shape index (κ3) is 4.82. The van der Waals surface area contributed by atoms with Crippen LogP contribution in [0.25, 0.3) is 0 Å². The van der Waals surface area contributed by atoms with Crippen molar-refractivity contribution >= 4 is 11.8 Å². The minimum Gasteiger partial charge on any atom is -0.369 e. The molecule has 0 saturated carbocycles. The Morgan fingerprint density at radius 2 is 1.90 bits per heavy atom. The van der Waals surface area contributed by atoms with Gasteiger partial charge in [0, 0.05) is 51.0 Å². The lowest BCUT2D eigenvalue weighted by molar-refractivity contribution is 0.270. The Bertz CT molecular complexity index is 440. The van der Waals surface area contributed by atoms with E-state index in [0.29, 0.717) is 0 Å². The van der Waals surface area contributed by atoms with Crippen LogP contribution in [0.5, 0.6) is 0 Å². The van der Waals surface area contributed by atoms with Crippen LogP contribution in [0.2, 0.25) is 0 Å². The molecule has 6 nitrogen and oxygen atoms in total. The van der Waals surface area contributed by atoms with Crippen LogP contribution in [0.1, 0.15) is 12.6 Å². The smallest absolute Gasteiger partial charge is 0.227 e. The number of rotatable bonds is 6. The molecule has 1 N–H and O–H groups in total. The molecular weight excluding hydrogens is 264 g/mol. The zero-order valence-electron chi connectivity index (χ0n) is 13.8. The van der Waals surface area contributed by atoms with E-state index < -0.39 is 0 Å². The molecule has 1 aromatic heterocycles. The Morgan fingerprint density at radius 3 is 2.52 bits per heavy atom. The van der Waals surface area contributed by atoms with E-state index in [2.05, 4.69) is 51.0 Å². The Labute approximate surface area is 128 Å². The molecule has 0 spiro atoms. The number of anilines is 2. The number of aromatic nitrogens is 2. The first-order chi connectivity index (χ1) is 10.1.